The maximum Gasteiger partial charge on any atom is 0.303 e. The summed E-state index contributed by atoms with van der Waals surface area (Å²) in [5.41, 5.74) is 2.32. The fourth-order valence-corrected chi connectivity index (χ4v) is 5.46. The second-order valence-corrected chi connectivity index (χ2v) is 8.02. The van der Waals surface area contributed by atoms with Crippen LogP contribution in [0.15, 0.2) is 18.2 Å². The SMILES string of the molecule is CC(=O)O[C@@H]1[C@H]2C[C@@H]([C@@H]1OC(C)=O)[C@@H]1C(=O)N(c3c(C)cccc3C)C(=O)[C@H]21. The molecule has 3 fully saturated rings. The van der Waals surface area contributed by atoms with Crippen molar-refractivity contribution < 1.29 is 28.7 Å². The van der Waals surface area contributed by atoms with E-state index in [4.69, 9.17) is 9.47 Å². The third-order valence-corrected chi connectivity index (χ3v) is 6.30. The van der Waals surface area contributed by atoms with Crippen molar-refractivity contribution in [2.45, 2.75) is 46.3 Å². The number of hydrogen-bond donors (Lipinski definition) is 0. The number of aryl methyl sites for hydroxylation is 2. The molecule has 2 aliphatic carbocycles. The van der Waals surface area contributed by atoms with Gasteiger partial charge in [-0.3, -0.25) is 19.2 Å². The zero-order chi connectivity index (χ0) is 20.3. The molecule has 1 aromatic carbocycles. The van der Waals surface area contributed by atoms with Crippen LogP contribution in [0.25, 0.3) is 0 Å². The van der Waals surface area contributed by atoms with Crippen molar-refractivity contribution in [3.63, 3.8) is 0 Å². The van der Waals surface area contributed by atoms with Crippen LogP contribution in [0.1, 0.15) is 31.4 Å². The average Bonchev–Trinajstić information content (AvgIpc) is 3.20. The van der Waals surface area contributed by atoms with E-state index in [2.05, 4.69) is 0 Å². The minimum atomic E-state index is -0.692. The van der Waals surface area contributed by atoms with Crippen LogP contribution >= 0.6 is 0 Å². The van der Waals surface area contributed by atoms with E-state index in [1.54, 1.807) is 0 Å². The van der Waals surface area contributed by atoms with Crippen molar-refractivity contribution in [3.05, 3.63) is 29.3 Å². The summed E-state index contributed by atoms with van der Waals surface area (Å²) >= 11 is 0. The van der Waals surface area contributed by atoms with Gasteiger partial charge in [-0.2, -0.15) is 0 Å². The molecule has 3 aliphatic rings. The van der Waals surface area contributed by atoms with Gasteiger partial charge in [0.05, 0.1) is 17.5 Å². The first-order chi connectivity index (χ1) is 13.2. The van der Waals surface area contributed by atoms with Crippen molar-refractivity contribution >= 4 is 29.4 Å². The van der Waals surface area contributed by atoms with E-state index in [1.807, 2.05) is 32.0 Å². The number of rotatable bonds is 3. The van der Waals surface area contributed by atoms with E-state index >= 15 is 0 Å². The Hall–Kier alpha value is -2.70. The monoisotopic (exact) mass is 385 g/mol. The number of anilines is 1. The molecule has 0 unspecified atom stereocenters. The first-order valence-electron chi connectivity index (χ1n) is 9.50. The Morgan fingerprint density at radius 3 is 1.71 bits per heavy atom. The zero-order valence-corrected chi connectivity index (χ0v) is 16.3. The molecule has 2 amide bonds. The van der Waals surface area contributed by atoms with E-state index in [9.17, 15) is 19.2 Å². The maximum atomic E-state index is 13.3. The summed E-state index contributed by atoms with van der Waals surface area (Å²) in [4.78, 5) is 51.1. The predicted molar refractivity (Wildman–Crippen MR) is 98.1 cm³/mol. The van der Waals surface area contributed by atoms with Crippen LogP contribution in [0.3, 0.4) is 0 Å². The molecular formula is C21H23NO6. The van der Waals surface area contributed by atoms with Crippen molar-refractivity contribution in [1.82, 2.24) is 0 Å². The topological polar surface area (TPSA) is 90.0 Å². The van der Waals surface area contributed by atoms with Gasteiger partial charge in [0.2, 0.25) is 11.8 Å². The van der Waals surface area contributed by atoms with Crippen molar-refractivity contribution in [3.8, 4) is 0 Å². The number of nitrogens with zero attached hydrogens (tertiary/aromatic N) is 1. The summed E-state index contributed by atoms with van der Waals surface area (Å²) in [5.74, 6) is -3.23. The van der Waals surface area contributed by atoms with Gasteiger partial charge in [0.25, 0.3) is 0 Å². The van der Waals surface area contributed by atoms with Gasteiger partial charge in [0, 0.05) is 25.7 Å². The quantitative estimate of drug-likeness (QED) is 0.583. The van der Waals surface area contributed by atoms with Gasteiger partial charge in [0.15, 0.2) is 0 Å². The molecular weight excluding hydrogens is 362 g/mol. The molecule has 7 heteroatoms. The molecule has 7 nitrogen and oxygen atoms in total. The van der Waals surface area contributed by atoms with Gasteiger partial charge < -0.3 is 9.47 Å². The second-order valence-electron chi connectivity index (χ2n) is 8.02. The molecule has 0 aromatic heterocycles. The largest absolute Gasteiger partial charge is 0.458 e. The van der Waals surface area contributed by atoms with Gasteiger partial charge in [-0.1, -0.05) is 18.2 Å². The van der Waals surface area contributed by atoms with Crippen LogP contribution < -0.4 is 4.90 Å². The number of fused-ring (bicyclic) bond motifs is 5. The van der Waals surface area contributed by atoms with Crippen LogP contribution in [0, 0.1) is 37.5 Å². The molecule has 1 aliphatic heterocycles. The van der Waals surface area contributed by atoms with Gasteiger partial charge in [0.1, 0.15) is 12.2 Å². The lowest BCUT2D eigenvalue weighted by molar-refractivity contribution is -0.175. The third kappa shape index (κ3) is 2.56. The van der Waals surface area contributed by atoms with Crippen LogP contribution in [-0.4, -0.2) is 36.0 Å². The molecule has 28 heavy (non-hydrogen) atoms. The number of ether oxygens (including phenoxy) is 2. The van der Waals surface area contributed by atoms with Crippen molar-refractivity contribution in [2.24, 2.45) is 23.7 Å². The summed E-state index contributed by atoms with van der Waals surface area (Å²) in [6, 6.07) is 5.63. The average molecular weight is 385 g/mol. The number of amides is 2. The van der Waals surface area contributed by atoms with Gasteiger partial charge in [-0.15, -0.1) is 0 Å². The van der Waals surface area contributed by atoms with E-state index in [0.29, 0.717) is 12.1 Å². The number of hydrogen-bond acceptors (Lipinski definition) is 6. The molecule has 1 heterocycles. The van der Waals surface area contributed by atoms with Crippen LogP contribution in [-0.2, 0) is 28.7 Å². The number of carbonyl (C=O) groups excluding carboxylic acids is 4. The van der Waals surface area contributed by atoms with Gasteiger partial charge >= 0.3 is 11.9 Å². The molecule has 6 atom stereocenters. The Labute approximate surface area is 163 Å². The lowest BCUT2D eigenvalue weighted by atomic mass is 9.78. The molecule has 0 spiro atoms. The molecule has 4 rings (SSSR count). The Morgan fingerprint density at radius 2 is 1.32 bits per heavy atom. The van der Waals surface area contributed by atoms with E-state index in [1.165, 1.54) is 18.7 Å². The maximum absolute atomic E-state index is 13.3. The number of esters is 2. The first kappa shape index (κ1) is 18.7. The Balaban J connectivity index is 1.73. The normalized spacial score (nSPS) is 33.2. The fourth-order valence-electron chi connectivity index (χ4n) is 5.46. The predicted octanol–water partition coefficient (Wildman–Crippen LogP) is 1.92. The lowest BCUT2D eigenvalue weighted by Gasteiger charge is -2.34. The fraction of sp³-hybridized carbons (Fsp3) is 0.524. The zero-order valence-electron chi connectivity index (χ0n) is 16.3. The molecule has 1 saturated heterocycles. The molecule has 0 N–H and O–H groups in total. The highest BCUT2D eigenvalue weighted by Gasteiger charge is 2.69. The summed E-state index contributed by atoms with van der Waals surface area (Å²) in [5, 5.41) is 0. The van der Waals surface area contributed by atoms with Crippen molar-refractivity contribution in [1.29, 1.82) is 0 Å². The number of benzene rings is 1. The summed E-state index contributed by atoms with van der Waals surface area (Å²) in [6.07, 6.45) is -0.854. The first-order valence-corrected chi connectivity index (χ1v) is 9.50. The van der Waals surface area contributed by atoms with Crippen LogP contribution in [0.5, 0.6) is 0 Å². The van der Waals surface area contributed by atoms with E-state index < -0.39 is 36.0 Å². The highest BCUT2D eigenvalue weighted by Crippen LogP contribution is 2.58. The molecule has 148 valence electrons. The van der Waals surface area contributed by atoms with E-state index in [-0.39, 0.29) is 23.7 Å². The molecule has 0 radical (unpaired) electrons. The van der Waals surface area contributed by atoms with Crippen LogP contribution in [0.4, 0.5) is 5.69 Å². The highest BCUT2D eigenvalue weighted by molar-refractivity contribution is 6.23. The number of carbonyl (C=O) groups is 4. The van der Waals surface area contributed by atoms with Gasteiger partial charge in [-0.05, 0) is 31.4 Å². The lowest BCUT2D eigenvalue weighted by Crippen LogP contribution is -2.47. The summed E-state index contributed by atoms with van der Waals surface area (Å²) in [7, 11) is 0. The van der Waals surface area contributed by atoms with Crippen LogP contribution in [0.2, 0.25) is 0 Å². The second kappa shape index (κ2) is 6.43. The minimum Gasteiger partial charge on any atom is -0.458 e. The third-order valence-electron chi connectivity index (χ3n) is 6.30. The number of imide groups is 1. The van der Waals surface area contributed by atoms with E-state index in [0.717, 1.165) is 11.1 Å². The van der Waals surface area contributed by atoms with Gasteiger partial charge in [-0.25, -0.2) is 4.90 Å². The molecule has 2 bridgehead atoms. The molecule has 2 saturated carbocycles. The Morgan fingerprint density at radius 1 is 0.893 bits per heavy atom. The highest BCUT2D eigenvalue weighted by atomic mass is 16.6. The smallest absolute Gasteiger partial charge is 0.303 e. The Bertz CT molecular complexity index is 827. The number of para-hydroxylation sites is 1. The Kier molecular flexibility index (Phi) is 4.28. The standard InChI is InChI=1S/C21H23NO6/c1-9-6-5-7-10(2)17(9)22-20(25)15-13-8-14(16(15)21(22)26)19(28-12(4)24)18(13)27-11(3)23/h5-7,13-16,18-19H,8H2,1-4H3/t13-,14+,15+,16-,18+,19-. The molecule has 1 aromatic rings. The minimum absolute atomic E-state index is 0.252. The summed E-state index contributed by atoms with van der Waals surface area (Å²) in [6.45, 7) is 6.32. The van der Waals surface area contributed by atoms with Crippen molar-refractivity contribution in [2.75, 3.05) is 4.90 Å². The summed E-state index contributed by atoms with van der Waals surface area (Å²) < 4.78 is 10.9.